The summed E-state index contributed by atoms with van der Waals surface area (Å²) in [6, 6.07) is 3.96. The van der Waals surface area contributed by atoms with Crippen molar-refractivity contribution in [1.29, 1.82) is 0 Å². The van der Waals surface area contributed by atoms with Crippen LogP contribution in [0.1, 0.15) is 12.6 Å². The van der Waals surface area contributed by atoms with E-state index in [4.69, 9.17) is 10.2 Å². The molecule has 2 N–H and O–H groups in total. The minimum absolute atomic E-state index is 0.216. The van der Waals surface area contributed by atoms with Gasteiger partial charge in [-0.05, 0) is 18.6 Å². The van der Waals surface area contributed by atoms with Gasteiger partial charge >= 0.3 is 0 Å². The van der Waals surface area contributed by atoms with Crippen LogP contribution in [-0.2, 0) is 6.42 Å². The quantitative estimate of drug-likeness (QED) is 0.783. The molecule has 2 rings (SSSR count). The van der Waals surface area contributed by atoms with E-state index in [1.807, 2.05) is 19.1 Å². The number of anilines is 1. The molecule has 0 fully saturated rings. The summed E-state index contributed by atoms with van der Waals surface area (Å²) in [6.07, 6.45) is 4.24. The van der Waals surface area contributed by atoms with Crippen molar-refractivity contribution in [2.24, 2.45) is 0 Å². The van der Waals surface area contributed by atoms with Crippen LogP contribution in [-0.4, -0.2) is 9.97 Å². The molecule has 72 valence electrons. The molecule has 0 spiro atoms. The molecule has 0 saturated carbocycles. The van der Waals surface area contributed by atoms with Gasteiger partial charge in [0.15, 0.2) is 5.76 Å². The maximum Gasteiger partial charge on any atom is 0.292 e. The summed E-state index contributed by atoms with van der Waals surface area (Å²) in [7, 11) is 0. The number of nitrogen functional groups attached to an aromatic ring is 1. The first kappa shape index (κ1) is 8.74. The molecule has 0 atom stereocenters. The van der Waals surface area contributed by atoms with Gasteiger partial charge in [-0.1, -0.05) is 6.92 Å². The van der Waals surface area contributed by atoms with Crippen LogP contribution >= 0.6 is 0 Å². The second-order valence-electron chi connectivity index (χ2n) is 2.92. The van der Waals surface area contributed by atoms with Gasteiger partial charge in [0.1, 0.15) is 0 Å². The fraction of sp³-hybridized carbons (Fsp3) is 0.200. The highest BCUT2D eigenvalue weighted by molar-refractivity contribution is 5.60. The number of nitrogens with zero attached hydrogens (tertiary/aromatic N) is 2. The summed E-state index contributed by atoms with van der Waals surface area (Å²) in [5.41, 5.74) is 7.34. The van der Waals surface area contributed by atoms with E-state index in [1.165, 1.54) is 0 Å². The van der Waals surface area contributed by atoms with Gasteiger partial charge in [0.25, 0.3) is 6.01 Å². The number of oxazole rings is 1. The lowest BCUT2D eigenvalue weighted by molar-refractivity contribution is 0.593. The average Bonchev–Trinajstić information content (AvgIpc) is 2.61. The number of nitrogens with two attached hydrogens (primary N) is 1. The molecule has 0 bridgehead atoms. The molecular weight excluding hydrogens is 178 g/mol. The molecule has 0 saturated heterocycles. The van der Waals surface area contributed by atoms with Gasteiger partial charge in [0.05, 0.1) is 5.69 Å². The largest absolute Gasteiger partial charge is 0.423 e. The molecule has 0 aliphatic carbocycles. The smallest absolute Gasteiger partial charge is 0.292 e. The molecule has 0 amide bonds. The first-order valence-electron chi connectivity index (χ1n) is 4.47. The monoisotopic (exact) mass is 189 g/mol. The van der Waals surface area contributed by atoms with Crippen LogP contribution in [0.2, 0.25) is 0 Å². The SMILES string of the molecule is CCc1nc(N)oc1-c1ccncc1. The van der Waals surface area contributed by atoms with Crippen molar-refractivity contribution < 1.29 is 4.42 Å². The van der Waals surface area contributed by atoms with E-state index in [0.717, 1.165) is 23.4 Å². The van der Waals surface area contributed by atoms with E-state index in [1.54, 1.807) is 12.4 Å². The Hall–Kier alpha value is -1.84. The Morgan fingerprint density at radius 3 is 2.71 bits per heavy atom. The predicted molar refractivity (Wildman–Crippen MR) is 53.5 cm³/mol. The van der Waals surface area contributed by atoms with Crippen molar-refractivity contribution in [3.63, 3.8) is 0 Å². The van der Waals surface area contributed by atoms with E-state index >= 15 is 0 Å². The fourth-order valence-corrected chi connectivity index (χ4v) is 1.34. The zero-order valence-electron chi connectivity index (χ0n) is 7.90. The van der Waals surface area contributed by atoms with E-state index in [0.29, 0.717) is 0 Å². The minimum Gasteiger partial charge on any atom is -0.423 e. The third-order valence-corrected chi connectivity index (χ3v) is 1.99. The summed E-state index contributed by atoms with van der Waals surface area (Å²) in [6.45, 7) is 2.02. The van der Waals surface area contributed by atoms with Crippen molar-refractivity contribution >= 4 is 6.01 Å². The van der Waals surface area contributed by atoms with Crippen molar-refractivity contribution in [2.45, 2.75) is 13.3 Å². The summed E-state index contributed by atoms with van der Waals surface area (Å²) < 4.78 is 5.33. The summed E-state index contributed by atoms with van der Waals surface area (Å²) in [5.74, 6) is 0.743. The van der Waals surface area contributed by atoms with Gasteiger partial charge in [-0.2, -0.15) is 4.98 Å². The van der Waals surface area contributed by atoms with E-state index < -0.39 is 0 Å². The molecule has 0 unspecified atom stereocenters. The normalized spacial score (nSPS) is 10.4. The van der Waals surface area contributed by atoms with Gasteiger partial charge in [0, 0.05) is 18.0 Å². The van der Waals surface area contributed by atoms with Crippen LogP contribution in [0.3, 0.4) is 0 Å². The Bertz CT molecular complexity index is 422. The third-order valence-electron chi connectivity index (χ3n) is 1.99. The van der Waals surface area contributed by atoms with Crippen molar-refractivity contribution in [3.8, 4) is 11.3 Å². The molecule has 2 aromatic rings. The standard InChI is InChI=1S/C10H11N3O/c1-2-8-9(14-10(11)13-8)7-3-5-12-6-4-7/h3-6H,2H2,1H3,(H2,11,13). The Labute approximate surface area is 81.8 Å². The molecule has 2 aromatic heterocycles. The van der Waals surface area contributed by atoms with Crippen LogP contribution in [0, 0.1) is 0 Å². The van der Waals surface area contributed by atoms with Crippen LogP contribution in [0.5, 0.6) is 0 Å². The van der Waals surface area contributed by atoms with E-state index in [-0.39, 0.29) is 6.01 Å². The molecule has 14 heavy (non-hydrogen) atoms. The molecule has 0 aliphatic rings. The Morgan fingerprint density at radius 2 is 2.07 bits per heavy atom. The number of rotatable bonds is 2. The van der Waals surface area contributed by atoms with Crippen molar-refractivity contribution in [1.82, 2.24) is 9.97 Å². The number of aryl methyl sites for hydroxylation is 1. The van der Waals surface area contributed by atoms with Gasteiger partial charge in [-0.3, -0.25) is 4.98 Å². The predicted octanol–water partition coefficient (Wildman–Crippen LogP) is 1.88. The number of hydrogen-bond donors (Lipinski definition) is 1. The summed E-state index contributed by atoms with van der Waals surface area (Å²) in [4.78, 5) is 8.04. The lowest BCUT2D eigenvalue weighted by atomic mass is 10.1. The van der Waals surface area contributed by atoms with Crippen molar-refractivity contribution in [3.05, 3.63) is 30.2 Å². The van der Waals surface area contributed by atoms with Crippen molar-refractivity contribution in [2.75, 3.05) is 5.73 Å². The zero-order valence-corrected chi connectivity index (χ0v) is 7.90. The molecule has 4 nitrogen and oxygen atoms in total. The molecule has 0 radical (unpaired) electrons. The van der Waals surface area contributed by atoms with Gasteiger partial charge in [-0.15, -0.1) is 0 Å². The topological polar surface area (TPSA) is 64.9 Å². The first-order valence-corrected chi connectivity index (χ1v) is 4.47. The molecule has 2 heterocycles. The van der Waals surface area contributed by atoms with Crippen LogP contribution in [0.15, 0.2) is 28.9 Å². The second-order valence-corrected chi connectivity index (χ2v) is 2.92. The fourth-order valence-electron chi connectivity index (χ4n) is 1.34. The maximum atomic E-state index is 5.50. The lowest BCUT2D eigenvalue weighted by Crippen LogP contribution is -1.86. The van der Waals surface area contributed by atoms with Gasteiger partial charge < -0.3 is 10.2 Å². The van der Waals surface area contributed by atoms with Gasteiger partial charge in [-0.25, -0.2) is 0 Å². The van der Waals surface area contributed by atoms with Crippen LogP contribution in [0.4, 0.5) is 6.01 Å². The van der Waals surface area contributed by atoms with E-state index in [2.05, 4.69) is 9.97 Å². The molecule has 0 aromatic carbocycles. The Balaban J connectivity index is 2.51. The molecule has 4 heteroatoms. The number of hydrogen-bond acceptors (Lipinski definition) is 4. The second kappa shape index (κ2) is 3.49. The highest BCUT2D eigenvalue weighted by Gasteiger charge is 2.11. The molecular formula is C10H11N3O. The van der Waals surface area contributed by atoms with Crippen LogP contribution < -0.4 is 5.73 Å². The first-order chi connectivity index (χ1) is 6.81. The van der Waals surface area contributed by atoms with Crippen LogP contribution in [0.25, 0.3) is 11.3 Å². The molecule has 0 aliphatic heterocycles. The van der Waals surface area contributed by atoms with E-state index in [9.17, 15) is 0 Å². The van der Waals surface area contributed by atoms with Gasteiger partial charge in [0.2, 0.25) is 0 Å². The summed E-state index contributed by atoms with van der Waals surface area (Å²) in [5, 5.41) is 0. The number of pyridine rings is 1. The third kappa shape index (κ3) is 1.46. The minimum atomic E-state index is 0.216. The highest BCUT2D eigenvalue weighted by atomic mass is 16.4. The highest BCUT2D eigenvalue weighted by Crippen LogP contribution is 2.25. The maximum absolute atomic E-state index is 5.50. The zero-order chi connectivity index (χ0) is 9.97. The lowest BCUT2D eigenvalue weighted by Gasteiger charge is -1.96. The number of aromatic nitrogens is 2. The average molecular weight is 189 g/mol. The Morgan fingerprint density at radius 1 is 1.36 bits per heavy atom. The summed E-state index contributed by atoms with van der Waals surface area (Å²) >= 11 is 0. The Kier molecular flexibility index (Phi) is 2.18.